The molecule has 1 fully saturated rings. The number of methoxy groups -OCH3 is 1. The van der Waals surface area contributed by atoms with Gasteiger partial charge in [-0.25, -0.2) is 13.8 Å². The van der Waals surface area contributed by atoms with Crippen LogP contribution in [-0.2, 0) is 11.3 Å². The first-order valence-corrected chi connectivity index (χ1v) is 13.0. The molecule has 1 aliphatic heterocycles. The lowest BCUT2D eigenvalue weighted by atomic mass is 10.1. The minimum absolute atomic E-state index is 0. The molecule has 39 heavy (non-hydrogen) atoms. The van der Waals surface area contributed by atoms with Crippen molar-refractivity contribution >= 4 is 41.0 Å². The Balaban J connectivity index is 0.00000353. The molecular weight excluding hydrogens is 547 g/mol. The van der Waals surface area contributed by atoms with E-state index in [1.807, 2.05) is 0 Å². The Hall–Kier alpha value is -3.49. The van der Waals surface area contributed by atoms with Crippen LogP contribution in [0.5, 0.6) is 5.75 Å². The van der Waals surface area contributed by atoms with Crippen LogP contribution in [0.15, 0.2) is 40.2 Å². The van der Waals surface area contributed by atoms with Crippen molar-refractivity contribution in [3.8, 4) is 10.8 Å². The molecular formula is C25H29FN6O5S2. The standard InChI is InChI=1S/C25H27FN6O5S.H2S/c1-14-20-22(35)31(15(2)21(34)29-10-4-5-11-29)25(36)30(24(20)38-23(14)32-27-8-9-28-32)13-18(33)17-12-16(26)6-7-19(17)37-3;/h6-9,12,15,18,33H,4-5,10-11,13H2,1-3H3;1H2/t15-,18-;/m0./s1. The molecule has 4 heterocycles. The molecule has 1 amide bonds. The largest absolute Gasteiger partial charge is 0.496 e. The zero-order valence-electron chi connectivity index (χ0n) is 21.6. The van der Waals surface area contributed by atoms with Crippen LogP contribution in [0.3, 0.4) is 0 Å². The first-order valence-electron chi connectivity index (χ1n) is 12.2. The van der Waals surface area contributed by atoms with E-state index in [9.17, 15) is 23.9 Å². The lowest BCUT2D eigenvalue weighted by Gasteiger charge is -2.23. The summed E-state index contributed by atoms with van der Waals surface area (Å²) in [6, 6.07) is 2.67. The maximum Gasteiger partial charge on any atom is 0.332 e. The predicted octanol–water partition coefficient (Wildman–Crippen LogP) is 2.29. The molecule has 1 saturated heterocycles. The topological polar surface area (TPSA) is 124 Å². The number of likely N-dealkylation sites (tertiary alicyclic amines) is 1. The summed E-state index contributed by atoms with van der Waals surface area (Å²) in [5.74, 6) is -0.647. The SMILES string of the molecule is COc1ccc(F)cc1[C@@H](O)Cn1c(=O)n([C@@H](C)C(=O)N2CCCC2)c(=O)c2c(C)c(-n3nccn3)sc21.S. The minimum atomic E-state index is -1.36. The van der Waals surface area contributed by atoms with Crippen LogP contribution in [0.1, 0.15) is 43.0 Å². The van der Waals surface area contributed by atoms with Gasteiger partial charge in [-0.3, -0.25) is 14.2 Å². The Kier molecular flexibility index (Phi) is 8.28. The van der Waals surface area contributed by atoms with Crippen molar-refractivity contribution in [2.24, 2.45) is 0 Å². The van der Waals surface area contributed by atoms with Gasteiger partial charge < -0.3 is 14.7 Å². The van der Waals surface area contributed by atoms with Crippen molar-refractivity contribution in [3.63, 3.8) is 0 Å². The zero-order valence-corrected chi connectivity index (χ0v) is 23.4. The number of aliphatic hydroxyl groups is 1. The number of ether oxygens (including phenoxy) is 1. The van der Waals surface area contributed by atoms with Gasteiger partial charge >= 0.3 is 5.69 Å². The van der Waals surface area contributed by atoms with E-state index in [0.29, 0.717) is 23.7 Å². The van der Waals surface area contributed by atoms with E-state index in [-0.39, 0.29) is 47.5 Å². The number of thiophene rings is 1. The van der Waals surface area contributed by atoms with E-state index in [4.69, 9.17) is 4.74 Å². The predicted molar refractivity (Wildman–Crippen MR) is 149 cm³/mol. The van der Waals surface area contributed by atoms with Gasteiger partial charge in [-0.1, -0.05) is 11.3 Å². The first kappa shape index (κ1) is 28.5. The van der Waals surface area contributed by atoms with Gasteiger partial charge in [-0.05, 0) is 44.9 Å². The summed E-state index contributed by atoms with van der Waals surface area (Å²) in [4.78, 5) is 44.2. The molecule has 3 aromatic heterocycles. The van der Waals surface area contributed by atoms with Gasteiger partial charge in [0.2, 0.25) is 5.91 Å². The average molecular weight is 577 g/mol. The second-order valence-corrected chi connectivity index (χ2v) is 10.2. The Morgan fingerprint density at radius 2 is 1.87 bits per heavy atom. The highest BCUT2D eigenvalue weighted by Crippen LogP contribution is 2.33. The van der Waals surface area contributed by atoms with Gasteiger partial charge in [0.05, 0.1) is 31.4 Å². The number of aromatic nitrogens is 5. The number of rotatable bonds is 7. The van der Waals surface area contributed by atoms with Gasteiger partial charge in [0, 0.05) is 24.2 Å². The number of aryl methyl sites for hydroxylation is 1. The number of fused-ring (bicyclic) bond motifs is 1. The monoisotopic (exact) mass is 576 g/mol. The molecule has 0 bridgehead atoms. The number of hydrogen-bond acceptors (Lipinski definition) is 8. The molecule has 0 unspecified atom stereocenters. The van der Waals surface area contributed by atoms with Crippen molar-refractivity contribution in [1.29, 1.82) is 0 Å². The Morgan fingerprint density at radius 3 is 2.51 bits per heavy atom. The van der Waals surface area contributed by atoms with E-state index in [1.165, 1.54) is 47.9 Å². The van der Waals surface area contributed by atoms with Crippen LogP contribution < -0.4 is 16.0 Å². The highest BCUT2D eigenvalue weighted by atomic mass is 32.1. The fourth-order valence-electron chi connectivity index (χ4n) is 4.92. The summed E-state index contributed by atoms with van der Waals surface area (Å²) in [5, 5.41) is 20.2. The highest BCUT2D eigenvalue weighted by Gasteiger charge is 2.30. The van der Waals surface area contributed by atoms with E-state index in [0.717, 1.165) is 34.8 Å². The van der Waals surface area contributed by atoms with Crippen molar-refractivity contribution in [1.82, 2.24) is 29.0 Å². The molecule has 0 aliphatic carbocycles. The van der Waals surface area contributed by atoms with Gasteiger partial charge in [-0.2, -0.15) is 23.7 Å². The number of hydrogen-bond donors (Lipinski definition) is 1. The van der Waals surface area contributed by atoms with Crippen LogP contribution in [0.25, 0.3) is 15.2 Å². The molecule has 0 radical (unpaired) electrons. The third-order valence-corrected chi connectivity index (χ3v) is 8.17. The summed E-state index contributed by atoms with van der Waals surface area (Å²) in [6.07, 6.45) is 3.35. The quantitative estimate of drug-likeness (QED) is 0.358. The van der Waals surface area contributed by atoms with Crippen LogP contribution in [0.4, 0.5) is 4.39 Å². The number of aliphatic hydroxyl groups excluding tert-OH is 1. The third-order valence-electron chi connectivity index (χ3n) is 6.89. The highest BCUT2D eigenvalue weighted by molar-refractivity contribution is 7.59. The number of amides is 1. The van der Waals surface area contributed by atoms with Crippen LogP contribution >= 0.6 is 24.8 Å². The van der Waals surface area contributed by atoms with Crippen molar-refractivity contribution in [2.45, 2.75) is 45.4 Å². The minimum Gasteiger partial charge on any atom is -0.496 e. The molecule has 0 saturated carbocycles. The van der Waals surface area contributed by atoms with Crippen LogP contribution in [0, 0.1) is 12.7 Å². The van der Waals surface area contributed by atoms with Gasteiger partial charge in [0.15, 0.2) is 0 Å². The summed E-state index contributed by atoms with van der Waals surface area (Å²) in [5.41, 5.74) is -0.675. The number of halogens is 1. The molecule has 1 aromatic carbocycles. The molecule has 11 nitrogen and oxygen atoms in total. The van der Waals surface area contributed by atoms with E-state index >= 15 is 0 Å². The average Bonchev–Trinajstić information content (AvgIpc) is 3.67. The Morgan fingerprint density at radius 1 is 1.21 bits per heavy atom. The summed E-state index contributed by atoms with van der Waals surface area (Å²) in [7, 11) is 1.39. The van der Waals surface area contributed by atoms with Gasteiger partial charge in [0.25, 0.3) is 5.56 Å². The van der Waals surface area contributed by atoms with Crippen LogP contribution in [-0.4, -0.2) is 60.2 Å². The van der Waals surface area contributed by atoms with Gasteiger partial charge in [0.1, 0.15) is 33.5 Å². The van der Waals surface area contributed by atoms with E-state index < -0.39 is 29.2 Å². The fourth-order valence-corrected chi connectivity index (χ4v) is 6.14. The number of benzene rings is 1. The van der Waals surface area contributed by atoms with Crippen molar-refractivity contribution in [2.75, 3.05) is 20.2 Å². The normalized spacial score (nSPS) is 14.8. The molecule has 4 aromatic rings. The molecule has 1 N–H and O–H groups in total. The maximum atomic E-state index is 14.1. The molecule has 1 aliphatic rings. The van der Waals surface area contributed by atoms with Gasteiger partial charge in [-0.15, -0.1) is 4.80 Å². The summed E-state index contributed by atoms with van der Waals surface area (Å²) >= 11 is 1.12. The smallest absolute Gasteiger partial charge is 0.332 e. The zero-order chi connectivity index (χ0) is 27.1. The molecule has 208 valence electrons. The lowest BCUT2D eigenvalue weighted by Crippen LogP contribution is -2.47. The van der Waals surface area contributed by atoms with E-state index in [1.54, 1.807) is 11.8 Å². The molecule has 0 spiro atoms. The Labute approximate surface area is 233 Å². The number of carbonyl (C=O) groups is 1. The maximum absolute atomic E-state index is 14.1. The van der Waals surface area contributed by atoms with E-state index in [2.05, 4.69) is 10.2 Å². The third kappa shape index (κ3) is 4.99. The molecule has 5 rings (SSSR count). The second kappa shape index (κ2) is 11.3. The van der Waals surface area contributed by atoms with Crippen molar-refractivity contribution in [3.05, 3.63) is 68.4 Å². The summed E-state index contributed by atoms with van der Waals surface area (Å²) < 4.78 is 21.5. The lowest BCUT2D eigenvalue weighted by molar-refractivity contribution is -0.133. The summed E-state index contributed by atoms with van der Waals surface area (Å²) in [6.45, 7) is 4.07. The van der Waals surface area contributed by atoms with Crippen molar-refractivity contribution < 1.29 is 19.0 Å². The molecule has 14 heteroatoms. The molecule has 2 atom stereocenters. The first-order chi connectivity index (χ1) is 18.2. The van der Waals surface area contributed by atoms with Crippen LogP contribution in [0.2, 0.25) is 0 Å². The fraction of sp³-hybridized carbons (Fsp3) is 0.400. The number of nitrogens with zero attached hydrogens (tertiary/aromatic N) is 6. The second-order valence-electron chi connectivity index (χ2n) is 9.21. The number of carbonyl (C=O) groups excluding carboxylic acids is 1. The Bertz CT molecular complexity index is 1620.